The van der Waals surface area contributed by atoms with E-state index in [9.17, 15) is 0 Å². The molecule has 248 valence electrons. The Hall–Kier alpha value is -4.94. The SMILES string of the molecule is CC1=Cc2c(-c3ccccc3)cccc2C1C(c1ccccc1)(c1ccccc1)C1c2cc(C(C)(C)C)ccc2-c2ccc(C(C)(C)C)cc21. The van der Waals surface area contributed by atoms with Crippen molar-refractivity contribution in [2.75, 3.05) is 0 Å². The van der Waals surface area contributed by atoms with Crippen LogP contribution in [-0.4, -0.2) is 0 Å². The molecule has 0 saturated carbocycles. The van der Waals surface area contributed by atoms with Gasteiger partial charge in [-0.25, -0.2) is 0 Å². The smallest absolute Gasteiger partial charge is 0.0418 e. The predicted molar refractivity (Wildman–Crippen MR) is 213 cm³/mol. The second-order valence-electron chi connectivity index (χ2n) is 16.6. The van der Waals surface area contributed by atoms with Crippen LogP contribution in [0.3, 0.4) is 0 Å². The van der Waals surface area contributed by atoms with Gasteiger partial charge in [-0.15, -0.1) is 0 Å². The fourth-order valence-electron chi connectivity index (χ4n) is 9.14. The predicted octanol–water partition coefficient (Wildman–Crippen LogP) is 13.2. The first kappa shape index (κ1) is 32.3. The lowest BCUT2D eigenvalue weighted by Crippen LogP contribution is -2.41. The Morgan fingerprint density at radius 3 is 1.36 bits per heavy atom. The van der Waals surface area contributed by atoms with Crippen LogP contribution in [0.5, 0.6) is 0 Å². The van der Waals surface area contributed by atoms with E-state index in [1.165, 1.54) is 72.3 Å². The van der Waals surface area contributed by atoms with Crippen molar-refractivity contribution in [3.8, 4) is 22.3 Å². The Balaban J connectivity index is 1.53. The second-order valence-corrected chi connectivity index (χ2v) is 16.6. The molecule has 0 fully saturated rings. The molecule has 0 spiro atoms. The monoisotopic (exact) mass is 648 g/mol. The van der Waals surface area contributed by atoms with Crippen LogP contribution in [0.1, 0.15) is 105 Å². The summed E-state index contributed by atoms with van der Waals surface area (Å²) in [7, 11) is 0. The van der Waals surface area contributed by atoms with Crippen molar-refractivity contribution in [3.05, 3.63) is 196 Å². The van der Waals surface area contributed by atoms with E-state index in [0.717, 1.165) is 0 Å². The molecule has 2 aliphatic carbocycles. The molecule has 0 bridgehead atoms. The zero-order valence-electron chi connectivity index (χ0n) is 30.6. The Morgan fingerprint density at radius 1 is 0.400 bits per heavy atom. The molecule has 0 amide bonds. The number of hydrogen-bond donors (Lipinski definition) is 0. The molecule has 6 aromatic carbocycles. The van der Waals surface area contributed by atoms with Crippen molar-refractivity contribution in [2.45, 2.75) is 76.5 Å². The van der Waals surface area contributed by atoms with Gasteiger partial charge in [-0.05, 0) is 84.5 Å². The molecule has 0 aromatic heterocycles. The molecule has 0 N–H and O–H groups in total. The van der Waals surface area contributed by atoms with Gasteiger partial charge in [0.25, 0.3) is 0 Å². The average Bonchev–Trinajstić information content (AvgIpc) is 3.63. The lowest BCUT2D eigenvalue weighted by atomic mass is 9.54. The van der Waals surface area contributed by atoms with Crippen LogP contribution in [0.25, 0.3) is 28.3 Å². The number of hydrogen-bond acceptors (Lipinski definition) is 0. The summed E-state index contributed by atoms with van der Waals surface area (Å²) in [6.07, 6.45) is 2.50. The largest absolute Gasteiger partial charge is 0.0639 e. The summed E-state index contributed by atoms with van der Waals surface area (Å²) in [5.41, 5.74) is 17.4. The molecule has 0 heterocycles. The van der Waals surface area contributed by atoms with Crippen LogP contribution in [0.4, 0.5) is 0 Å². The van der Waals surface area contributed by atoms with Gasteiger partial charge in [0.15, 0.2) is 0 Å². The highest BCUT2D eigenvalue weighted by Gasteiger charge is 2.55. The highest BCUT2D eigenvalue weighted by atomic mass is 14.6. The van der Waals surface area contributed by atoms with Gasteiger partial charge in [0.2, 0.25) is 0 Å². The molecule has 8 rings (SSSR count). The van der Waals surface area contributed by atoms with E-state index in [0.29, 0.717) is 0 Å². The molecule has 50 heavy (non-hydrogen) atoms. The molecule has 0 saturated heterocycles. The zero-order valence-corrected chi connectivity index (χ0v) is 30.6. The zero-order chi connectivity index (χ0) is 34.8. The summed E-state index contributed by atoms with van der Waals surface area (Å²) in [6, 6.07) is 55.6. The van der Waals surface area contributed by atoms with Crippen LogP contribution in [0.15, 0.2) is 151 Å². The highest BCUT2D eigenvalue weighted by molar-refractivity contribution is 5.86. The molecule has 0 nitrogen and oxygen atoms in total. The van der Waals surface area contributed by atoms with E-state index >= 15 is 0 Å². The van der Waals surface area contributed by atoms with E-state index in [1.54, 1.807) is 0 Å². The van der Waals surface area contributed by atoms with E-state index in [1.807, 2.05) is 0 Å². The van der Waals surface area contributed by atoms with Gasteiger partial charge >= 0.3 is 0 Å². The van der Waals surface area contributed by atoms with Crippen molar-refractivity contribution in [1.82, 2.24) is 0 Å². The quantitative estimate of drug-likeness (QED) is 0.174. The summed E-state index contributed by atoms with van der Waals surface area (Å²) in [4.78, 5) is 0. The summed E-state index contributed by atoms with van der Waals surface area (Å²) in [5, 5.41) is 0. The molecule has 2 aliphatic rings. The third kappa shape index (κ3) is 5.03. The Labute approximate surface area is 299 Å². The van der Waals surface area contributed by atoms with Gasteiger partial charge in [-0.1, -0.05) is 199 Å². The van der Waals surface area contributed by atoms with Crippen LogP contribution in [0, 0.1) is 0 Å². The van der Waals surface area contributed by atoms with Gasteiger partial charge in [-0.3, -0.25) is 0 Å². The van der Waals surface area contributed by atoms with Crippen LogP contribution < -0.4 is 0 Å². The topological polar surface area (TPSA) is 0 Å². The maximum Gasteiger partial charge on any atom is 0.0418 e. The van der Waals surface area contributed by atoms with Crippen molar-refractivity contribution in [1.29, 1.82) is 0 Å². The first-order valence-corrected chi connectivity index (χ1v) is 18.3. The Bertz CT molecular complexity index is 2120. The molecule has 1 unspecified atom stereocenters. The summed E-state index contributed by atoms with van der Waals surface area (Å²) >= 11 is 0. The highest BCUT2D eigenvalue weighted by Crippen LogP contribution is 2.65. The Kier molecular flexibility index (Phi) is 7.64. The standard InChI is InChI=1S/C50H48/c1-33-30-43-39(34-18-11-8-12-19-34)24-17-25-42(43)46(33)50(35-20-13-9-14-21-35,36-22-15-10-16-23-36)47-44-31-37(48(2,3)4)26-28-40(44)41-29-27-38(32-45(41)47)49(5,6)7/h8-32,46-47H,1-7H3. The minimum absolute atomic E-state index is 0.0213. The first-order chi connectivity index (χ1) is 24.0. The van der Waals surface area contributed by atoms with E-state index in [-0.39, 0.29) is 22.7 Å². The maximum atomic E-state index is 2.56. The normalized spacial score (nSPS) is 15.7. The molecule has 0 aliphatic heterocycles. The van der Waals surface area contributed by atoms with Gasteiger partial charge in [-0.2, -0.15) is 0 Å². The molecule has 0 heteroatoms. The van der Waals surface area contributed by atoms with Crippen molar-refractivity contribution in [2.24, 2.45) is 0 Å². The van der Waals surface area contributed by atoms with Crippen molar-refractivity contribution < 1.29 is 0 Å². The fraction of sp³-hybridized carbons (Fsp3) is 0.240. The summed E-state index contributed by atoms with van der Waals surface area (Å²) < 4.78 is 0. The van der Waals surface area contributed by atoms with Gasteiger partial charge in [0, 0.05) is 17.3 Å². The molecular formula is C50H48. The van der Waals surface area contributed by atoms with Gasteiger partial charge < -0.3 is 0 Å². The van der Waals surface area contributed by atoms with E-state index in [4.69, 9.17) is 0 Å². The number of rotatable bonds is 5. The van der Waals surface area contributed by atoms with Crippen molar-refractivity contribution >= 4 is 6.08 Å². The summed E-state index contributed by atoms with van der Waals surface area (Å²) in [6.45, 7) is 16.4. The van der Waals surface area contributed by atoms with Crippen LogP contribution >= 0.6 is 0 Å². The second kappa shape index (κ2) is 11.8. The van der Waals surface area contributed by atoms with E-state index < -0.39 is 5.41 Å². The van der Waals surface area contributed by atoms with Crippen LogP contribution in [-0.2, 0) is 16.2 Å². The van der Waals surface area contributed by atoms with Gasteiger partial charge in [0.1, 0.15) is 0 Å². The minimum Gasteiger partial charge on any atom is -0.0639 e. The first-order valence-electron chi connectivity index (χ1n) is 18.3. The van der Waals surface area contributed by atoms with E-state index in [2.05, 4.69) is 200 Å². The maximum absolute atomic E-state index is 2.56. The lowest BCUT2D eigenvalue weighted by Gasteiger charge is -2.47. The number of benzene rings is 6. The fourth-order valence-corrected chi connectivity index (χ4v) is 9.14. The summed E-state index contributed by atoms with van der Waals surface area (Å²) in [5.74, 6) is 0.174. The number of allylic oxidation sites excluding steroid dienone is 1. The Morgan fingerprint density at radius 2 is 0.880 bits per heavy atom. The third-order valence-corrected chi connectivity index (χ3v) is 11.5. The van der Waals surface area contributed by atoms with Crippen LogP contribution in [0.2, 0.25) is 0 Å². The number of fused-ring (bicyclic) bond motifs is 4. The molecular weight excluding hydrogens is 601 g/mol. The average molecular weight is 649 g/mol. The molecule has 6 aromatic rings. The molecule has 1 atom stereocenters. The molecule has 0 radical (unpaired) electrons. The lowest BCUT2D eigenvalue weighted by molar-refractivity contribution is 0.404. The van der Waals surface area contributed by atoms with Crippen molar-refractivity contribution in [3.63, 3.8) is 0 Å². The third-order valence-electron chi connectivity index (χ3n) is 11.5. The van der Waals surface area contributed by atoms with Gasteiger partial charge in [0.05, 0.1) is 0 Å². The minimum atomic E-state index is -0.448.